The molecule has 142 valence electrons. The van der Waals surface area contributed by atoms with Crippen LogP contribution in [0.2, 0.25) is 5.02 Å². The van der Waals surface area contributed by atoms with Crippen LogP contribution in [-0.2, 0) is 15.2 Å². The highest BCUT2D eigenvalue weighted by Crippen LogP contribution is 2.29. The number of halogens is 1. The zero-order valence-electron chi connectivity index (χ0n) is 15.6. The van der Waals surface area contributed by atoms with Gasteiger partial charge in [0.25, 0.3) is 0 Å². The van der Waals surface area contributed by atoms with Crippen LogP contribution >= 0.6 is 23.4 Å². The van der Waals surface area contributed by atoms with Gasteiger partial charge < -0.3 is 14.4 Å². The number of hydrogen-bond donors (Lipinski definition) is 0. The lowest BCUT2D eigenvalue weighted by atomic mass is 10.1. The molecule has 2 rings (SSSR count). The number of thioether (sulfide) groups is 1. The summed E-state index contributed by atoms with van der Waals surface area (Å²) in [5.41, 5.74) is 1.33. The molecule has 0 radical (unpaired) electrons. The average molecular weight is 386 g/mol. The highest BCUT2D eigenvalue weighted by atomic mass is 35.5. The monoisotopic (exact) mass is 385 g/mol. The zero-order valence-corrected chi connectivity index (χ0v) is 17.2. The molecule has 1 aliphatic heterocycles. The summed E-state index contributed by atoms with van der Waals surface area (Å²) in [5.74, 6) is 1.02. The summed E-state index contributed by atoms with van der Waals surface area (Å²) < 4.78 is 11.3. The molecule has 1 aromatic carbocycles. The Hall–Kier alpha value is -0.260. The number of likely N-dealkylation sites (tertiary alicyclic amines) is 1. The van der Waals surface area contributed by atoms with Crippen LogP contribution in [0.1, 0.15) is 38.2 Å². The molecule has 0 amide bonds. The summed E-state index contributed by atoms with van der Waals surface area (Å²) in [4.78, 5) is 2.58. The molecule has 0 spiro atoms. The van der Waals surface area contributed by atoms with E-state index < -0.39 is 0 Å². The van der Waals surface area contributed by atoms with Crippen LogP contribution in [0.3, 0.4) is 0 Å². The van der Waals surface area contributed by atoms with E-state index in [4.69, 9.17) is 21.1 Å². The van der Waals surface area contributed by atoms with Crippen molar-refractivity contribution in [2.75, 3.05) is 40.0 Å². The van der Waals surface area contributed by atoms with Crippen molar-refractivity contribution in [3.8, 4) is 0 Å². The summed E-state index contributed by atoms with van der Waals surface area (Å²) in [6.45, 7) is 7.05. The van der Waals surface area contributed by atoms with E-state index in [0.717, 1.165) is 17.3 Å². The van der Waals surface area contributed by atoms with Crippen LogP contribution in [0, 0.1) is 0 Å². The van der Waals surface area contributed by atoms with E-state index in [-0.39, 0.29) is 0 Å². The van der Waals surface area contributed by atoms with Crippen LogP contribution in [0.15, 0.2) is 24.3 Å². The van der Waals surface area contributed by atoms with Gasteiger partial charge in [-0.2, -0.15) is 11.8 Å². The van der Waals surface area contributed by atoms with Gasteiger partial charge >= 0.3 is 0 Å². The van der Waals surface area contributed by atoms with Gasteiger partial charge in [-0.05, 0) is 43.6 Å². The molecule has 1 heterocycles. The van der Waals surface area contributed by atoms with Gasteiger partial charge in [-0.15, -0.1) is 0 Å². The van der Waals surface area contributed by atoms with Gasteiger partial charge in [0.05, 0.1) is 19.3 Å². The van der Waals surface area contributed by atoms with Gasteiger partial charge in [-0.3, -0.25) is 0 Å². The van der Waals surface area contributed by atoms with Crippen molar-refractivity contribution >= 4 is 23.4 Å². The normalized spacial score (nSPS) is 21.6. The third-order valence-corrected chi connectivity index (χ3v) is 6.38. The van der Waals surface area contributed by atoms with Gasteiger partial charge in [0, 0.05) is 29.7 Å². The first kappa shape index (κ1) is 21.0. The Labute approximate surface area is 162 Å². The Kier molecular flexibility index (Phi) is 10.3. The third-order valence-electron chi connectivity index (χ3n) is 4.66. The van der Waals surface area contributed by atoms with E-state index in [1.807, 2.05) is 23.9 Å². The fraction of sp³-hybridized carbons (Fsp3) is 0.700. The van der Waals surface area contributed by atoms with Crippen LogP contribution < -0.4 is 0 Å². The van der Waals surface area contributed by atoms with Crippen molar-refractivity contribution in [3.05, 3.63) is 34.9 Å². The molecule has 0 aromatic heterocycles. The lowest BCUT2D eigenvalue weighted by Gasteiger charge is -2.38. The van der Waals surface area contributed by atoms with Gasteiger partial charge in [-0.25, -0.2) is 0 Å². The largest absolute Gasteiger partial charge is 0.382 e. The highest BCUT2D eigenvalue weighted by Gasteiger charge is 2.30. The topological polar surface area (TPSA) is 21.7 Å². The van der Waals surface area contributed by atoms with Crippen molar-refractivity contribution in [1.29, 1.82) is 0 Å². The number of nitrogens with zero attached hydrogens (tertiary/aromatic N) is 1. The van der Waals surface area contributed by atoms with E-state index in [1.165, 1.54) is 44.3 Å². The Balaban J connectivity index is 1.84. The van der Waals surface area contributed by atoms with Crippen LogP contribution in [0.5, 0.6) is 0 Å². The second-order valence-corrected chi connectivity index (χ2v) is 8.34. The van der Waals surface area contributed by atoms with Crippen molar-refractivity contribution in [1.82, 2.24) is 4.90 Å². The Bertz CT molecular complexity index is 471. The maximum Gasteiger partial charge on any atom is 0.0822 e. The molecular formula is C20H32ClNO2S. The molecule has 0 aliphatic carbocycles. The lowest BCUT2D eigenvalue weighted by Crippen LogP contribution is -2.47. The number of methoxy groups -OCH3 is 1. The molecule has 1 saturated heterocycles. The molecule has 0 N–H and O–H groups in total. The van der Waals surface area contributed by atoms with Gasteiger partial charge in [0.15, 0.2) is 0 Å². The van der Waals surface area contributed by atoms with Gasteiger partial charge in [0.1, 0.15) is 0 Å². The summed E-state index contributed by atoms with van der Waals surface area (Å²) in [5, 5.41) is 1.35. The maximum atomic E-state index is 6.17. The average Bonchev–Trinajstić information content (AvgIpc) is 2.63. The van der Waals surface area contributed by atoms with Crippen LogP contribution in [0.25, 0.3) is 0 Å². The van der Waals surface area contributed by atoms with E-state index in [2.05, 4.69) is 24.0 Å². The predicted molar refractivity (Wildman–Crippen MR) is 109 cm³/mol. The molecule has 2 unspecified atom stereocenters. The fourth-order valence-corrected chi connectivity index (χ4v) is 4.54. The maximum absolute atomic E-state index is 6.17. The summed E-state index contributed by atoms with van der Waals surface area (Å²) in [6.07, 6.45) is 5.39. The zero-order chi connectivity index (χ0) is 17.9. The smallest absolute Gasteiger partial charge is 0.0822 e. The van der Waals surface area contributed by atoms with E-state index in [9.17, 15) is 0 Å². The van der Waals surface area contributed by atoms with Crippen LogP contribution in [-0.4, -0.2) is 56.2 Å². The van der Waals surface area contributed by atoms with E-state index in [0.29, 0.717) is 24.6 Å². The molecule has 0 bridgehead atoms. The fourth-order valence-electron chi connectivity index (χ4n) is 3.16. The number of ether oxygens (including phenoxy) is 2. The summed E-state index contributed by atoms with van der Waals surface area (Å²) in [7, 11) is 1.73. The molecule has 1 aliphatic rings. The third kappa shape index (κ3) is 7.88. The quantitative estimate of drug-likeness (QED) is 0.506. The molecule has 3 nitrogen and oxygen atoms in total. The molecular weight excluding hydrogens is 354 g/mol. The number of benzene rings is 1. The first-order valence-corrected chi connectivity index (χ1v) is 10.8. The molecule has 1 fully saturated rings. The molecule has 5 heteroatoms. The Morgan fingerprint density at radius 2 is 2.00 bits per heavy atom. The standard InChI is InChI=1S/C20H32ClNO2S/c1-3-4-5-11-22-12-10-20(19(15-22)24-14-13-23-2)25-16-17-6-8-18(21)9-7-17/h6-9,19-20H,3-5,10-16H2,1-2H3. The van der Waals surface area contributed by atoms with E-state index >= 15 is 0 Å². The summed E-state index contributed by atoms with van der Waals surface area (Å²) in [6, 6.07) is 8.19. The highest BCUT2D eigenvalue weighted by molar-refractivity contribution is 7.99. The molecule has 0 saturated carbocycles. The molecule has 1 aromatic rings. The minimum Gasteiger partial charge on any atom is -0.382 e. The lowest BCUT2D eigenvalue weighted by molar-refractivity contribution is -0.0172. The first-order valence-electron chi connectivity index (χ1n) is 9.42. The number of piperidine rings is 1. The Morgan fingerprint density at radius 3 is 2.72 bits per heavy atom. The molecule has 25 heavy (non-hydrogen) atoms. The van der Waals surface area contributed by atoms with Gasteiger partial charge in [0.2, 0.25) is 0 Å². The van der Waals surface area contributed by atoms with Gasteiger partial charge in [-0.1, -0.05) is 43.5 Å². The minimum atomic E-state index is 0.294. The second kappa shape index (κ2) is 12.2. The second-order valence-electron chi connectivity index (χ2n) is 6.67. The van der Waals surface area contributed by atoms with Crippen molar-refractivity contribution in [3.63, 3.8) is 0 Å². The first-order chi connectivity index (χ1) is 12.2. The van der Waals surface area contributed by atoms with E-state index in [1.54, 1.807) is 7.11 Å². The summed E-state index contributed by atoms with van der Waals surface area (Å²) >= 11 is 8.00. The van der Waals surface area contributed by atoms with Crippen molar-refractivity contribution < 1.29 is 9.47 Å². The van der Waals surface area contributed by atoms with Crippen molar-refractivity contribution in [2.24, 2.45) is 0 Å². The molecule has 2 atom stereocenters. The Morgan fingerprint density at radius 1 is 1.20 bits per heavy atom. The predicted octanol–water partition coefficient (Wildman–Crippen LogP) is 4.87. The number of unbranched alkanes of at least 4 members (excludes halogenated alkanes) is 2. The van der Waals surface area contributed by atoms with Crippen LogP contribution in [0.4, 0.5) is 0 Å². The number of rotatable bonds is 11. The van der Waals surface area contributed by atoms with Crippen molar-refractivity contribution in [2.45, 2.75) is 49.7 Å². The SMILES string of the molecule is CCCCCN1CCC(SCc2ccc(Cl)cc2)C(OCCOC)C1. The minimum absolute atomic E-state index is 0.294. The number of hydrogen-bond acceptors (Lipinski definition) is 4.